The fourth-order valence-electron chi connectivity index (χ4n) is 2.19. The van der Waals surface area contributed by atoms with Crippen LogP contribution in [0.5, 0.6) is 5.75 Å². The molecule has 0 amide bonds. The third-order valence-electron chi connectivity index (χ3n) is 3.96. The number of aromatic nitrogens is 1. The summed E-state index contributed by atoms with van der Waals surface area (Å²) < 4.78 is 10.9. The lowest BCUT2D eigenvalue weighted by Crippen LogP contribution is -2.15. The highest BCUT2D eigenvalue weighted by Gasteiger charge is 2.34. The van der Waals surface area contributed by atoms with Gasteiger partial charge in [0.15, 0.2) is 5.75 Å². The zero-order valence-electron chi connectivity index (χ0n) is 12.5. The molecule has 2 aliphatic rings. The zero-order valence-corrected chi connectivity index (χ0v) is 13.4. The molecule has 0 bridgehead atoms. The molecule has 2 saturated carbocycles. The largest absolute Gasteiger partial charge is 0.460 e. The van der Waals surface area contributed by atoms with E-state index in [1.54, 1.807) is 13.1 Å². The Kier molecular flexibility index (Phi) is 4.38. The third kappa shape index (κ3) is 3.43. The van der Waals surface area contributed by atoms with Crippen LogP contribution in [-0.2, 0) is 26.7 Å². The van der Waals surface area contributed by atoms with Gasteiger partial charge in [-0.2, -0.15) is 12.6 Å². The molecule has 3 rings (SSSR count). The molecule has 2 fully saturated rings. The number of aryl methyl sites for hydroxylation is 1. The average molecular weight is 321 g/mol. The standard InChI is InChI=1S/C16H19NO4S/c1-9-14(21-16(19)11-4-5-11)13(12(8-22)6-17-9)7-20-15(18)10-2-3-10/h6,10-11,22H,2-5,7-8H2,1H3. The molecule has 0 N–H and O–H groups in total. The van der Waals surface area contributed by atoms with Crippen LogP contribution in [0.1, 0.15) is 42.5 Å². The van der Waals surface area contributed by atoms with Crippen molar-refractivity contribution in [1.82, 2.24) is 4.98 Å². The minimum absolute atomic E-state index is 0.000854. The topological polar surface area (TPSA) is 65.5 Å². The highest BCUT2D eigenvalue weighted by atomic mass is 32.1. The van der Waals surface area contributed by atoms with Crippen LogP contribution in [0.2, 0.25) is 0 Å². The van der Waals surface area contributed by atoms with E-state index in [0.29, 0.717) is 22.8 Å². The highest BCUT2D eigenvalue weighted by molar-refractivity contribution is 7.79. The van der Waals surface area contributed by atoms with Crippen molar-refractivity contribution in [3.05, 3.63) is 23.0 Å². The molecule has 1 aromatic heterocycles. The Morgan fingerprint density at radius 2 is 1.86 bits per heavy atom. The summed E-state index contributed by atoms with van der Waals surface area (Å²) in [5.41, 5.74) is 2.14. The number of rotatable bonds is 6. The van der Waals surface area contributed by atoms with Crippen molar-refractivity contribution in [2.24, 2.45) is 11.8 Å². The van der Waals surface area contributed by atoms with Crippen molar-refractivity contribution in [2.45, 2.75) is 45.0 Å². The number of hydrogen-bond donors (Lipinski definition) is 1. The van der Waals surface area contributed by atoms with Crippen molar-refractivity contribution in [3.63, 3.8) is 0 Å². The molecule has 1 aromatic rings. The highest BCUT2D eigenvalue weighted by Crippen LogP contribution is 2.35. The van der Waals surface area contributed by atoms with E-state index in [1.807, 2.05) is 0 Å². The minimum Gasteiger partial charge on any atom is -0.460 e. The van der Waals surface area contributed by atoms with E-state index in [4.69, 9.17) is 9.47 Å². The Balaban J connectivity index is 1.80. The molecule has 0 unspecified atom stereocenters. The van der Waals surface area contributed by atoms with E-state index in [-0.39, 0.29) is 30.4 Å². The van der Waals surface area contributed by atoms with Gasteiger partial charge in [-0.1, -0.05) is 0 Å². The number of esters is 2. The monoisotopic (exact) mass is 321 g/mol. The quantitative estimate of drug-likeness (QED) is 0.644. The summed E-state index contributed by atoms with van der Waals surface area (Å²) in [6.45, 7) is 1.88. The molecule has 0 spiro atoms. The predicted molar refractivity (Wildman–Crippen MR) is 82.5 cm³/mol. The number of pyridine rings is 1. The fraction of sp³-hybridized carbons (Fsp3) is 0.562. The van der Waals surface area contributed by atoms with Crippen molar-refractivity contribution in [2.75, 3.05) is 0 Å². The predicted octanol–water partition coefficient (Wildman–Crippen LogP) is 2.59. The normalized spacial score (nSPS) is 17.2. The lowest BCUT2D eigenvalue weighted by molar-refractivity contribution is -0.146. The molecular weight excluding hydrogens is 302 g/mol. The summed E-state index contributed by atoms with van der Waals surface area (Å²) in [5, 5.41) is 0. The maximum absolute atomic E-state index is 12.0. The van der Waals surface area contributed by atoms with Crippen molar-refractivity contribution < 1.29 is 19.1 Å². The van der Waals surface area contributed by atoms with E-state index >= 15 is 0 Å². The Morgan fingerprint density at radius 3 is 2.45 bits per heavy atom. The Morgan fingerprint density at radius 1 is 1.23 bits per heavy atom. The molecule has 22 heavy (non-hydrogen) atoms. The minimum atomic E-state index is -0.226. The SMILES string of the molecule is Cc1ncc(CS)c(COC(=O)C2CC2)c1OC(=O)C1CC1. The zero-order chi connectivity index (χ0) is 15.7. The average Bonchev–Trinajstić information content (AvgIpc) is 3.39. The third-order valence-corrected chi connectivity index (χ3v) is 4.30. The smallest absolute Gasteiger partial charge is 0.314 e. The van der Waals surface area contributed by atoms with Crippen LogP contribution < -0.4 is 4.74 Å². The number of thiol groups is 1. The first-order valence-corrected chi connectivity index (χ1v) is 8.20. The lowest BCUT2D eigenvalue weighted by atomic mass is 10.1. The lowest BCUT2D eigenvalue weighted by Gasteiger charge is -2.15. The fourth-order valence-corrected chi connectivity index (χ4v) is 2.46. The van der Waals surface area contributed by atoms with Gasteiger partial charge in [-0.3, -0.25) is 14.6 Å². The summed E-state index contributed by atoms with van der Waals surface area (Å²) in [4.78, 5) is 28.0. The van der Waals surface area contributed by atoms with Crippen LogP contribution >= 0.6 is 12.6 Å². The van der Waals surface area contributed by atoms with E-state index in [0.717, 1.165) is 31.2 Å². The number of nitrogens with zero attached hydrogens (tertiary/aromatic N) is 1. The van der Waals surface area contributed by atoms with Gasteiger partial charge in [0.05, 0.1) is 17.5 Å². The maximum atomic E-state index is 12.0. The van der Waals surface area contributed by atoms with Gasteiger partial charge in [-0.15, -0.1) is 0 Å². The number of hydrogen-bond acceptors (Lipinski definition) is 6. The van der Waals surface area contributed by atoms with Crippen molar-refractivity contribution >= 4 is 24.6 Å². The van der Waals surface area contributed by atoms with Gasteiger partial charge in [0, 0.05) is 17.5 Å². The molecule has 6 heteroatoms. The number of carbonyl (C=O) groups is 2. The van der Waals surface area contributed by atoms with Gasteiger partial charge >= 0.3 is 11.9 Å². The van der Waals surface area contributed by atoms with Crippen molar-refractivity contribution in [3.8, 4) is 5.75 Å². The van der Waals surface area contributed by atoms with E-state index in [1.165, 1.54) is 0 Å². The molecule has 1 heterocycles. The van der Waals surface area contributed by atoms with Gasteiger partial charge in [-0.05, 0) is 38.2 Å². The van der Waals surface area contributed by atoms with E-state index in [2.05, 4.69) is 17.6 Å². The van der Waals surface area contributed by atoms with Gasteiger partial charge in [0.2, 0.25) is 0 Å². The molecular formula is C16H19NO4S. The molecule has 0 aromatic carbocycles. The van der Waals surface area contributed by atoms with Gasteiger partial charge < -0.3 is 9.47 Å². The van der Waals surface area contributed by atoms with Crippen LogP contribution in [0.4, 0.5) is 0 Å². The van der Waals surface area contributed by atoms with E-state index in [9.17, 15) is 9.59 Å². The molecule has 0 aliphatic heterocycles. The first kappa shape index (κ1) is 15.3. The summed E-state index contributed by atoms with van der Waals surface area (Å²) >= 11 is 4.28. The Labute approximate surface area is 134 Å². The van der Waals surface area contributed by atoms with Crippen molar-refractivity contribution in [1.29, 1.82) is 0 Å². The first-order chi connectivity index (χ1) is 10.6. The Bertz CT molecular complexity index is 608. The summed E-state index contributed by atoms with van der Waals surface area (Å²) in [5.74, 6) is 0.500. The summed E-state index contributed by atoms with van der Waals surface area (Å²) in [6, 6.07) is 0. The second-order valence-electron chi connectivity index (χ2n) is 5.91. The summed E-state index contributed by atoms with van der Waals surface area (Å²) in [7, 11) is 0. The second kappa shape index (κ2) is 6.28. The maximum Gasteiger partial charge on any atom is 0.314 e. The number of ether oxygens (including phenoxy) is 2. The molecule has 5 nitrogen and oxygen atoms in total. The second-order valence-corrected chi connectivity index (χ2v) is 6.23. The van der Waals surface area contributed by atoms with Crippen LogP contribution in [-0.4, -0.2) is 16.9 Å². The van der Waals surface area contributed by atoms with Crippen LogP contribution in [0, 0.1) is 18.8 Å². The van der Waals surface area contributed by atoms with E-state index < -0.39 is 0 Å². The van der Waals surface area contributed by atoms with Gasteiger partial charge in [-0.25, -0.2) is 0 Å². The van der Waals surface area contributed by atoms with Crippen LogP contribution in [0.3, 0.4) is 0 Å². The molecule has 0 radical (unpaired) electrons. The van der Waals surface area contributed by atoms with Gasteiger partial charge in [0.1, 0.15) is 6.61 Å². The Hall–Kier alpha value is -1.56. The number of carbonyl (C=O) groups excluding carboxylic acids is 2. The van der Waals surface area contributed by atoms with Crippen LogP contribution in [0.25, 0.3) is 0 Å². The van der Waals surface area contributed by atoms with Gasteiger partial charge in [0.25, 0.3) is 0 Å². The molecule has 118 valence electrons. The van der Waals surface area contributed by atoms with Crippen LogP contribution in [0.15, 0.2) is 6.20 Å². The first-order valence-electron chi connectivity index (χ1n) is 7.56. The summed E-state index contributed by atoms with van der Waals surface area (Å²) in [6.07, 6.45) is 5.25. The molecule has 0 saturated heterocycles. The molecule has 2 aliphatic carbocycles. The molecule has 0 atom stereocenters.